The van der Waals surface area contributed by atoms with Gasteiger partial charge in [-0.05, 0) is 91.4 Å². The molecule has 0 atom stereocenters. The van der Waals surface area contributed by atoms with Crippen molar-refractivity contribution in [3.8, 4) is 11.4 Å². The third-order valence-corrected chi connectivity index (χ3v) is 7.42. The molecule has 1 aliphatic carbocycles. The van der Waals surface area contributed by atoms with Gasteiger partial charge in [0.05, 0.1) is 11.2 Å². The number of likely N-dealkylation sites (tertiary alicyclic amines) is 1. The van der Waals surface area contributed by atoms with Crippen LogP contribution in [0.5, 0.6) is 0 Å². The van der Waals surface area contributed by atoms with Crippen molar-refractivity contribution in [3.05, 3.63) is 102 Å². The van der Waals surface area contributed by atoms with E-state index in [9.17, 15) is 0 Å². The van der Waals surface area contributed by atoms with E-state index in [1.165, 1.54) is 59.2 Å². The fourth-order valence-electron chi connectivity index (χ4n) is 5.49. The summed E-state index contributed by atoms with van der Waals surface area (Å²) in [5, 5.41) is 10.3. The molecule has 0 unspecified atom stereocenters. The topological polar surface area (TPSA) is 47.7 Å². The van der Waals surface area contributed by atoms with E-state index < -0.39 is 0 Å². The molecule has 2 aromatic carbocycles. The van der Waals surface area contributed by atoms with Crippen LogP contribution in [-0.4, -0.2) is 39.7 Å². The molecule has 4 aromatic rings. The molecule has 0 spiro atoms. The van der Waals surface area contributed by atoms with Gasteiger partial charge >= 0.3 is 0 Å². The normalized spacial score (nSPS) is 17.0. The molecule has 0 bridgehead atoms. The number of aromatic amines is 2. The van der Waals surface area contributed by atoms with Gasteiger partial charge in [-0.25, -0.2) is 0 Å². The van der Waals surface area contributed by atoms with E-state index in [1.807, 2.05) is 6.08 Å². The lowest BCUT2D eigenvalue weighted by atomic mass is 9.99. The summed E-state index contributed by atoms with van der Waals surface area (Å²) in [7, 11) is 0. The van der Waals surface area contributed by atoms with Gasteiger partial charge in [-0.15, -0.1) is 0 Å². The molecule has 2 N–H and O–H groups in total. The van der Waals surface area contributed by atoms with E-state index in [0.29, 0.717) is 0 Å². The highest BCUT2D eigenvalue weighted by Gasteiger charge is 2.16. The minimum absolute atomic E-state index is 0.949. The van der Waals surface area contributed by atoms with Crippen LogP contribution >= 0.6 is 0 Å². The van der Waals surface area contributed by atoms with Crippen LogP contribution in [0.4, 0.5) is 0 Å². The zero-order valence-corrected chi connectivity index (χ0v) is 20.8. The number of H-pyrrole nitrogens is 2. The molecule has 0 amide bonds. The molecule has 1 fully saturated rings. The van der Waals surface area contributed by atoms with Gasteiger partial charge in [0.1, 0.15) is 5.69 Å². The zero-order valence-electron chi connectivity index (χ0n) is 20.8. The highest BCUT2D eigenvalue weighted by Crippen LogP contribution is 2.35. The van der Waals surface area contributed by atoms with Crippen molar-refractivity contribution < 1.29 is 0 Å². The number of rotatable bonds is 7. The van der Waals surface area contributed by atoms with Crippen molar-refractivity contribution in [1.82, 2.24) is 20.1 Å². The summed E-state index contributed by atoms with van der Waals surface area (Å²) in [5.74, 6) is 0. The predicted molar refractivity (Wildman–Crippen MR) is 153 cm³/mol. The quantitative estimate of drug-likeness (QED) is 0.271. The number of hydrogen-bond acceptors (Lipinski definition) is 2. The van der Waals surface area contributed by atoms with Gasteiger partial charge in [-0.3, -0.25) is 10.00 Å². The number of hydrogen-bond donors (Lipinski definition) is 2. The molecule has 36 heavy (non-hydrogen) atoms. The molecule has 2 aromatic heterocycles. The van der Waals surface area contributed by atoms with Crippen LogP contribution in [0.3, 0.4) is 0 Å². The first-order valence-electron chi connectivity index (χ1n) is 12.9. The standard InChI is InChI=1S/C32H32N4/c1-3-22(21-36-16-7-8-17-36)18-23(4-2)25-14-15-30-28(19-25)32(35-34-30)31-20-27-26(24-10-5-6-11-24)12-9-13-29(27)33-31/h3-5,9-15,18-20,33H,1,6-8,16-17,21H2,2H3,(H,34,35)/b22-18+,23-4+. The van der Waals surface area contributed by atoms with Crippen molar-refractivity contribution in [2.75, 3.05) is 19.6 Å². The Hall–Kier alpha value is -3.89. The molecule has 1 aliphatic heterocycles. The van der Waals surface area contributed by atoms with Gasteiger partial charge in [0, 0.05) is 22.8 Å². The van der Waals surface area contributed by atoms with Crippen molar-refractivity contribution >= 4 is 33.0 Å². The fraction of sp³-hybridized carbons (Fsp3) is 0.219. The van der Waals surface area contributed by atoms with E-state index >= 15 is 0 Å². The lowest BCUT2D eigenvalue weighted by molar-refractivity contribution is 0.371. The highest BCUT2D eigenvalue weighted by molar-refractivity contribution is 6.01. The van der Waals surface area contributed by atoms with Crippen LogP contribution in [0.1, 0.15) is 37.3 Å². The predicted octanol–water partition coefficient (Wildman–Crippen LogP) is 7.67. The number of aromatic nitrogens is 3. The van der Waals surface area contributed by atoms with E-state index in [1.54, 1.807) is 0 Å². The Morgan fingerprint density at radius 1 is 1.08 bits per heavy atom. The summed E-state index contributed by atoms with van der Waals surface area (Å²) in [6, 6.07) is 15.3. The van der Waals surface area contributed by atoms with Crippen LogP contribution in [0.25, 0.3) is 44.3 Å². The van der Waals surface area contributed by atoms with Gasteiger partial charge < -0.3 is 4.98 Å². The largest absolute Gasteiger partial charge is 0.353 e. The Balaban J connectivity index is 1.38. The van der Waals surface area contributed by atoms with E-state index in [4.69, 9.17) is 5.10 Å². The third kappa shape index (κ3) is 4.18. The smallest absolute Gasteiger partial charge is 0.116 e. The summed E-state index contributed by atoms with van der Waals surface area (Å²) in [6.45, 7) is 9.52. The highest BCUT2D eigenvalue weighted by atomic mass is 15.1. The molecule has 3 heterocycles. The van der Waals surface area contributed by atoms with Gasteiger partial charge in [0.25, 0.3) is 0 Å². The average Bonchev–Trinajstić information content (AvgIpc) is 3.72. The van der Waals surface area contributed by atoms with Gasteiger partial charge in [-0.2, -0.15) is 5.10 Å². The Kier molecular flexibility index (Phi) is 6.04. The van der Waals surface area contributed by atoms with Crippen LogP contribution < -0.4 is 0 Å². The summed E-state index contributed by atoms with van der Waals surface area (Å²) in [6.07, 6.45) is 16.8. The molecule has 2 aliphatic rings. The first-order valence-corrected chi connectivity index (χ1v) is 12.9. The molecule has 6 rings (SSSR count). The van der Waals surface area contributed by atoms with Crippen molar-refractivity contribution in [2.24, 2.45) is 0 Å². The Morgan fingerprint density at radius 2 is 1.97 bits per heavy atom. The monoisotopic (exact) mass is 472 g/mol. The van der Waals surface area contributed by atoms with Gasteiger partial charge in [0.15, 0.2) is 0 Å². The van der Waals surface area contributed by atoms with Crippen LogP contribution in [0, 0.1) is 0 Å². The maximum absolute atomic E-state index is 4.72. The summed E-state index contributed by atoms with van der Waals surface area (Å²) >= 11 is 0. The summed E-state index contributed by atoms with van der Waals surface area (Å²) < 4.78 is 0. The van der Waals surface area contributed by atoms with Crippen molar-refractivity contribution in [1.29, 1.82) is 0 Å². The van der Waals surface area contributed by atoms with Gasteiger partial charge in [0.2, 0.25) is 0 Å². The lowest BCUT2D eigenvalue weighted by Gasteiger charge is -2.15. The Labute approximate surface area is 212 Å². The molecular formula is C32H32N4. The van der Waals surface area contributed by atoms with Crippen molar-refractivity contribution in [2.45, 2.75) is 26.2 Å². The van der Waals surface area contributed by atoms with Crippen molar-refractivity contribution in [3.63, 3.8) is 0 Å². The Bertz CT molecular complexity index is 1560. The minimum atomic E-state index is 0.949. The minimum Gasteiger partial charge on any atom is -0.353 e. The second-order valence-corrected chi connectivity index (χ2v) is 9.73. The molecular weight excluding hydrogens is 440 g/mol. The molecule has 4 nitrogen and oxygen atoms in total. The first kappa shape index (κ1) is 22.6. The average molecular weight is 473 g/mol. The zero-order chi connectivity index (χ0) is 24.5. The SMILES string of the molecule is C=C/C(=C\C(=C/C)c1ccc2[nH]nc(-c3cc4c(C5=CCC=C5)cccc4[nH]3)c2c1)CN1CCCC1. The fourth-order valence-corrected chi connectivity index (χ4v) is 5.49. The van der Waals surface area contributed by atoms with E-state index in [-0.39, 0.29) is 0 Å². The summed E-state index contributed by atoms with van der Waals surface area (Å²) in [5.41, 5.74) is 10.4. The molecule has 1 saturated heterocycles. The summed E-state index contributed by atoms with van der Waals surface area (Å²) in [4.78, 5) is 6.13. The van der Waals surface area contributed by atoms with E-state index in [2.05, 4.69) is 101 Å². The number of nitrogens with zero attached hydrogens (tertiary/aromatic N) is 2. The maximum Gasteiger partial charge on any atom is 0.116 e. The van der Waals surface area contributed by atoms with Crippen LogP contribution in [0.2, 0.25) is 0 Å². The molecule has 0 radical (unpaired) electrons. The second kappa shape index (κ2) is 9.63. The number of allylic oxidation sites excluding steroid dienone is 7. The molecule has 4 heteroatoms. The number of benzene rings is 2. The number of nitrogens with one attached hydrogen (secondary N) is 2. The van der Waals surface area contributed by atoms with Crippen LogP contribution in [-0.2, 0) is 0 Å². The Morgan fingerprint density at radius 3 is 2.75 bits per heavy atom. The second-order valence-electron chi connectivity index (χ2n) is 9.73. The number of fused-ring (bicyclic) bond motifs is 2. The molecule has 180 valence electrons. The maximum atomic E-state index is 4.72. The molecule has 0 saturated carbocycles. The van der Waals surface area contributed by atoms with E-state index in [0.717, 1.165) is 40.8 Å². The van der Waals surface area contributed by atoms with Crippen LogP contribution in [0.15, 0.2) is 91.1 Å². The van der Waals surface area contributed by atoms with Gasteiger partial charge in [-0.1, -0.05) is 61.2 Å². The first-order chi connectivity index (χ1) is 17.7. The third-order valence-electron chi connectivity index (χ3n) is 7.42. The lowest BCUT2D eigenvalue weighted by Crippen LogP contribution is -2.21.